The molecule has 2 fully saturated rings. The molecule has 0 aromatic heterocycles. The third-order valence-corrected chi connectivity index (χ3v) is 4.78. The van der Waals surface area contributed by atoms with Crippen molar-refractivity contribution in [1.29, 1.82) is 0 Å². The number of rotatable bonds is 6. The lowest BCUT2D eigenvalue weighted by Gasteiger charge is -2.39. The Kier molecular flexibility index (Phi) is 6.30. The monoisotopic (exact) mass is 282 g/mol. The van der Waals surface area contributed by atoms with Gasteiger partial charge >= 0.3 is 0 Å². The number of hydrogen-bond acceptors (Lipinski definition) is 3. The van der Waals surface area contributed by atoms with Crippen LogP contribution < -0.4 is 5.32 Å². The van der Waals surface area contributed by atoms with Gasteiger partial charge in [-0.05, 0) is 38.1 Å². The smallest absolute Gasteiger partial charge is 0.222 e. The fourth-order valence-corrected chi connectivity index (χ4v) is 3.52. The highest BCUT2D eigenvalue weighted by Crippen LogP contribution is 2.22. The van der Waals surface area contributed by atoms with Crippen LogP contribution >= 0.6 is 0 Å². The van der Waals surface area contributed by atoms with Crippen molar-refractivity contribution in [1.82, 2.24) is 10.2 Å². The topological polar surface area (TPSA) is 41.6 Å². The van der Waals surface area contributed by atoms with Gasteiger partial charge in [0.1, 0.15) is 0 Å². The molecule has 3 atom stereocenters. The van der Waals surface area contributed by atoms with Gasteiger partial charge in [-0.25, -0.2) is 0 Å². The van der Waals surface area contributed by atoms with Crippen LogP contribution in [0.4, 0.5) is 0 Å². The second-order valence-electron chi connectivity index (χ2n) is 6.13. The van der Waals surface area contributed by atoms with Crippen molar-refractivity contribution in [2.75, 3.05) is 26.2 Å². The van der Waals surface area contributed by atoms with Crippen molar-refractivity contribution < 1.29 is 9.53 Å². The van der Waals surface area contributed by atoms with Crippen molar-refractivity contribution in [2.24, 2.45) is 5.92 Å². The van der Waals surface area contributed by atoms with Crippen molar-refractivity contribution >= 4 is 5.91 Å². The zero-order valence-electron chi connectivity index (χ0n) is 13.1. The number of ether oxygens (including phenoxy) is 1. The van der Waals surface area contributed by atoms with Crippen molar-refractivity contribution in [3.05, 3.63) is 0 Å². The first-order chi connectivity index (χ1) is 9.74. The Morgan fingerprint density at radius 2 is 2.20 bits per heavy atom. The van der Waals surface area contributed by atoms with Gasteiger partial charge in [0.25, 0.3) is 0 Å². The van der Waals surface area contributed by atoms with Gasteiger partial charge in [0, 0.05) is 32.2 Å². The third-order valence-electron chi connectivity index (χ3n) is 4.78. The summed E-state index contributed by atoms with van der Waals surface area (Å²) in [5.74, 6) is 0.935. The number of piperidine rings is 1. The Labute approximate surface area is 123 Å². The lowest BCUT2D eigenvalue weighted by Crippen LogP contribution is -2.50. The molecule has 4 nitrogen and oxygen atoms in total. The Balaban J connectivity index is 1.75. The highest BCUT2D eigenvalue weighted by molar-refractivity contribution is 5.76. The molecule has 2 rings (SSSR count). The molecule has 4 heteroatoms. The van der Waals surface area contributed by atoms with Crippen LogP contribution in [0, 0.1) is 5.92 Å². The van der Waals surface area contributed by atoms with Gasteiger partial charge in [-0.15, -0.1) is 0 Å². The van der Waals surface area contributed by atoms with Gasteiger partial charge in [-0.3, -0.25) is 4.79 Å². The number of carbonyl (C=O) groups excluding carboxylic acids is 1. The van der Waals surface area contributed by atoms with E-state index in [0.29, 0.717) is 30.4 Å². The maximum Gasteiger partial charge on any atom is 0.222 e. The van der Waals surface area contributed by atoms with E-state index in [2.05, 4.69) is 24.1 Å². The molecule has 1 N–H and O–H groups in total. The van der Waals surface area contributed by atoms with E-state index in [1.807, 2.05) is 0 Å². The Bertz CT molecular complexity index is 303. The fraction of sp³-hybridized carbons (Fsp3) is 0.938. The van der Waals surface area contributed by atoms with E-state index in [1.54, 1.807) is 0 Å². The van der Waals surface area contributed by atoms with Crippen LogP contribution in [0.25, 0.3) is 0 Å². The quantitative estimate of drug-likeness (QED) is 0.812. The molecule has 0 saturated carbocycles. The SMILES string of the molecule is CCNC1CCN(C(=O)CCC2CCCO2)CC1CC. The van der Waals surface area contributed by atoms with Gasteiger partial charge in [0.15, 0.2) is 0 Å². The standard InChI is InChI=1S/C16H30N2O2/c1-3-13-12-18(10-9-15(13)17-4-2)16(19)8-7-14-6-5-11-20-14/h13-15,17H,3-12H2,1-2H3. The molecule has 0 aromatic rings. The largest absolute Gasteiger partial charge is 0.378 e. The summed E-state index contributed by atoms with van der Waals surface area (Å²) in [6.45, 7) is 8.14. The van der Waals surface area contributed by atoms with Crippen LogP contribution in [0.2, 0.25) is 0 Å². The number of nitrogens with one attached hydrogen (secondary N) is 1. The fourth-order valence-electron chi connectivity index (χ4n) is 3.52. The molecule has 20 heavy (non-hydrogen) atoms. The van der Waals surface area contributed by atoms with Crippen LogP contribution in [0.1, 0.15) is 52.4 Å². The van der Waals surface area contributed by atoms with Crippen LogP contribution in [-0.4, -0.2) is 49.2 Å². The number of carbonyl (C=O) groups is 1. The zero-order valence-corrected chi connectivity index (χ0v) is 13.1. The molecule has 0 bridgehead atoms. The van der Waals surface area contributed by atoms with Crippen LogP contribution in [0.3, 0.4) is 0 Å². The molecule has 2 saturated heterocycles. The number of likely N-dealkylation sites (tertiary alicyclic amines) is 1. The molecular weight excluding hydrogens is 252 g/mol. The number of hydrogen-bond donors (Lipinski definition) is 1. The zero-order chi connectivity index (χ0) is 14.4. The van der Waals surface area contributed by atoms with E-state index in [9.17, 15) is 4.79 Å². The van der Waals surface area contributed by atoms with Gasteiger partial charge < -0.3 is 15.0 Å². The summed E-state index contributed by atoms with van der Waals surface area (Å²) >= 11 is 0. The molecule has 2 heterocycles. The molecule has 2 aliphatic heterocycles. The molecule has 0 aromatic carbocycles. The average Bonchev–Trinajstić information content (AvgIpc) is 2.98. The van der Waals surface area contributed by atoms with Crippen LogP contribution in [0.15, 0.2) is 0 Å². The first-order valence-corrected chi connectivity index (χ1v) is 8.37. The minimum absolute atomic E-state index is 0.328. The van der Waals surface area contributed by atoms with Crippen molar-refractivity contribution in [3.8, 4) is 0 Å². The first-order valence-electron chi connectivity index (χ1n) is 8.37. The lowest BCUT2D eigenvalue weighted by molar-refractivity contribution is -0.134. The normalized spacial score (nSPS) is 30.7. The van der Waals surface area contributed by atoms with E-state index in [1.165, 1.54) is 0 Å². The summed E-state index contributed by atoms with van der Waals surface area (Å²) in [7, 11) is 0. The maximum absolute atomic E-state index is 12.3. The summed E-state index contributed by atoms with van der Waals surface area (Å²) in [5.41, 5.74) is 0. The highest BCUT2D eigenvalue weighted by Gasteiger charge is 2.30. The van der Waals surface area contributed by atoms with Crippen molar-refractivity contribution in [3.63, 3.8) is 0 Å². The molecule has 1 amide bonds. The van der Waals surface area contributed by atoms with Crippen LogP contribution in [-0.2, 0) is 9.53 Å². The predicted octanol–water partition coefficient (Wildman–Crippen LogP) is 2.18. The summed E-state index contributed by atoms with van der Waals surface area (Å²) in [5, 5.41) is 3.56. The van der Waals surface area contributed by atoms with E-state index in [4.69, 9.17) is 4.74 Å². The summed E-state index contributed by atoms with van der Waals surface area (Å²) in [6, 6.07) is 0.590. The highest BCUT2D eigenvalue weighted by atomic mass is 16.5. The Hall–Kier alpha value is -0.610. The van der Waals surface area contributed by atoms with Gasteiger partial charge in [0.2, 0.25) is 5.91 Å². The lowest BCUT2D eigenvalue weighted by atomic mass is 9.89. The molecule has 0 aliphatic carbocycles. The third kappa shape index (κ3) is 4.19. The Morgan fingerprint density at radius 3 is 2.85 bits per heavy atom. The van der Waals surface area contributed by atoms with E-state index < -0.39 is 0 Å². The first kappa shape index (κ1) is 15.8. The second kappa shape index (κ2) is 7.99. The molecule has 0 spiro atoms. The number of amides is 1. The number of nitrogens with zero attached hydrogens (tertiary/aromatic N) is 1. The maximum atomic E-state index is 12.3. The summed E-state index contributed by atoms with van der Waals surface area (Å²) in [4.78, 5) is 14.4. The predicted molar refractivity (Wildman–Crippen MR) is 80.7 cm³/mol. The van der Waals surface area contributed by atoms with E-state index in [0.717, 1.165) is 58.3 Å². The van der Waals surface area contributed by atoms with Crippen molar-refractivity contribution in [2.45, 2.75) is 64.5 Å². The second-order valence-corrected chi connectivity index (χ2v) is 6.13. The molecular formula is C16H30N2O2. The van der Waals surface area contributed by atoms with E-state index >= 15 is 0 Å². The van der Waals surface area contributed by atoms with Gasteiger partial charge in [-0.2, -0.15) is 0 Å². The summed E-state index contributed by atoms with van der Waals surface area (Å²) < 4.78 is 5.60. The molecule has 2 aliphatic rings. The molecule has 0 radical (unpaired) electrons. The Morgan fingerprint density at radius 1 is 1.35 bits per heavy atom. The van der Waals surface area contributed by atoms with Crippen LogP contribution in [0.5, 0.6) is 0 Å². The minimum Gasteiger partial charge on any atom is -0.378 e. The average molecular weight is 282 g/mol. The van der Waals surface area contributed by atoms with Gasteiger partial charge in [0.05, 0.1) is 6.10 Å². The molecule has 116 valence electrons. The summed E-state index contributed by atoms with van der Waals surface area (Å²) in [6.07, 6.45) is 6.43. The van der Waals surface area contributed by atoms with Gasteiger partial charge in [-0.1, -0.05) is 20.3 Å². The van der Waals surface area contributed by atoms with E-state index in [-0.39, 0.29) is 0 Å². The molecule has 3 unspecified atom stereocenters. The minimum atomic E-state index is 0.328.